The van der Waals surface area contributed by atoms with Gasteiger partial charge in [-0.2, -0.15) is 0 Å². The topological polar surface area (TPSA) is 16.4 Å². The van der Waals surface area contributed by atoms with Crippen LogP contribution >= 0.6 is 0 Å². The van der Waals surface area contributed by atoms with Crippen molar-refractivity contribution in [1.82, 2.24) is 0 Å². The lowest BCUT2D eigenvalue weighted by Crippen LogP contribution is -2.54. The first kappa shape index (κ1) is 36.5. The zero-order valence-electron chi connectivity index (χ0n) is 35.7. The van der Waals surface area contributed by atoms with Gasteiger partial charge in [-0.3, -0.25) is 0 Å². The van der Waals surface area contributed by atoms with Gasteiger partial charge in [-0.05, 0) is 124 Å². The van der Waals surface area contributed by atoms with E-state index in [9.17, 15) is 0 Å². The van der Waals surface area contributed by atoms with Gasteiger partial charge in [0.2, 0.25) is 6.71 Å². The Morgan fingerprint density at radius 3 is 1.81 bits per heavy atom. The molecule has 12 rings (SSSR count). The van der Waals surface area contributed by atoms with E-state index in [2.05, 4.69) is 215 Å². The molecule has 0 radical (unpaired) electrons. The Balaban J connectivity index is 1.14. The third kappa shape index (κ3) is 5.44. The van der Waals surface area contributed by atoms with Crippen LogP contribution in [0.5, 0.6) is 0 Å². The van der Waals surface area contributed by atoms with Gasteiger partial charge < -0.3 is 9.32 Å². The highest BCUT2D eigenvalue weighted by atomic mass is 16.3. The molecule has 0 saturated carbocycles. The second-order valence-electron chi connectivity index (χ2n) is 17.5. The lowest BCUT2D eigenvalue weighted by Gasteiger charge is -2.31. The summed E-state index contributed by atoms with van der Waals surface area (Å²) in [6, 6.07) is 65.5. The van der Waals surface area contributed by atoms with Crippen molar-refractivity contribution in [2.24, 2.45) is 0 Å². The monoisotopic (exact) mass is 793 g/mol. The molecule has 0 bridgehead atoms. The molecule has 2 nitrogen and oxygen atoms in total. The highest BCUT2D eigenvalue weighted by Crippen LogP contribution is 2.46. The van der Waals surface area contributed by atoms with E-state index in [1.807, 2.05) is 0 Å². The number of para-hydroxylation sites is 2. The van der Waals surface area contributed by atoms with Crippen LogP contribution in [0.25, 0.3) is 75.8 Å². The molecular weight excluding hydrogens is 749 g/mol. The van der Waals surface area contributed by atoms with Gasteiger partial charge in [0.1, 0.15) is 11.2 Å². The molecule has 0 atom stereocenters. The van der Waals surface area contributed by atoms with Gasteiger partial charge in [0.25, 0.3) is 0 Å². The Labute approximate surface area is 362 Å². The van der Waals surface area contributed by atoms with E-state index in [1.54, 1.807) is 0 Å². The fourth-order valence-corrected chi connectivity index (χ4v) is 11.1. The lowest BCUT2D eigenvalue weighted by molar-refractivity contribution is 0.671. The molecule has 12 aromatic rings. The summed E-state index contributed by atoms with van der Waals surface area (Å²) < 4.78 is 6.81. The second-order valence-corrected chi connectivity index (χ2v) is 17.5. The number of rotatable bonds is 6. The first-order chi connectivity index (χ1) is 30.3. The molecule has 0 spiro atoms. The third-order valence-corrected chi connectivity index (χ3v) is 13.6. The van der Waals surface area contributed by atoms with Crippen molar-refractivity contribution < 1.29 is 4.42 Å². The fourth-order valence-electron chi connectivity index (χ4n) is 11.1. The van der Waals surface area contributed by atoms with Crippen LogP contribution in [0.1, 0.15) is 27.8 Å². The zero-order valence-corrected chi connectivity index (χ0v) is 35.7. The van der Waals surface area contributed by atoms with Gasteiger partial charge in [-0.25, -0.2) is 0 Å². The van der Waals surface area contributed by atoms with Crippen LogP contribution in [0.4, 0.5) is 17.1 Å². The number of hydrogen-bond acceptors (Lipinski definition) is 2. The van der Waals surface area contributed by atoms with Gasteiger partial charge in [-0.1, -0.05) is 179 Å². The van der Waals surface area contributed by atoms with Crippen LogP contribution in [0.15, 0.2) is 180 Å². The number of furan rings is 1. The summed E-state index contributed by atoms with van der Waals surface area (Å²) in [6.07, 6.45) is 0. The van der Waals surface area contributed by atoms with Crippen LogP contribution in [0.3, 0.4) is 0 Å². The molecule has 294 valence electrons. The SMILES string of the molecule is Cc1cc(C)c(N(c2ccc3c(ccc4ccccc43)c2)c2ccc3ccc4c(B(c5c(C)cccc5C)c5cccc6c5oc5ccccc56)ccc5ccc2c3c54)c(C)c1. The number of anilines is 3. The summed E-state index contributed by atoms with van der Waals surface area (Å²) in [7, 11) is 0. The van der Waals surface area contributed by atoms with Crippen LogP contribution in [-0.2, 0) is 0 Å². The number of benzene rings is 11. The molecule has 0 aliphatic heterocycles. The summed E-state index contributed by atoms with van der Waals surface area (Å²) >= 11 is 0. The molecule has 0 amide bonds. The summed E-state index contributed by atoms with van der Waals surface area (Å²) in [5.41, 5.74) is 15.6. The molecule has 62 heavy (non-hydrogen) atoms. The van der Waals surface area contributed by atoms with Gasteiger partial charge >= 0.3 is 0 Å². The molecule has 0 unspecified atom stereocenters. The first-order valence-electron chi connectivity index (χ1n) is 21.8. The molecule has 3 heteroatoms. The van der Waals surface area contributed by atoms with Gasteiger partial charge in [0.15, 0.2) is 0 Å². The number of nitrogens with zero attached hydrogens (tertiary/aromatic N) is 1. The van der Waals surface area contributed by atoms with Crippen molar-refractivity contribution in [2.75, 3.05) is 4.90 Å². The van der Waals surface area contributed by atoms with Crippen molar-refractivity contribution in [3.8, 4) is 0 Å². The molecule has 0 saturated heterocycles. The van der Waals surface area contributed by atoms with Crippen molar-refractivity contribution in [1.29, 1.82) is 0 Å². The van der Waals surface area contributed by atoms with Crippen LogP contribution < -0.4 is 21.3 Å². The van der Waals surface area contributed by atoms with Crippen LogP contribution in [0, 0.1) is 34.6 Å². The Bertz CT molecular complexity index is 3740. The average Bonchev–Trinajstić information content (AvgIpc) is 3.67. The largest absolute Gasteiger partial charge is 0.457 e. The maximum Gasteiger partial charge on any atom is 0.247 e. The number of fused-ring (bicyclic) bond motifs is 6. The third-order valence-electron chi connectivity index (χ3n) is 13.6. The van der Waals surface area contributed by atoms with Crippen molar-refractivity contribution >= 4 is 116 Å². The minimum absolute atomic E-state index is 0.0625. The van der Waals surface area contributed by atoms with E-state index in [0.717, 1.165) is 27.6 Å². The Morgan fingerprint density at radius 2 is 1.00 bits per heavy atom. The van der Waals surface area contributed by atoms with E-state index < -0.39 is 0 Å². The molecule has 11 aromatic carbocycles. The summed E-state index contributed by atoms with van der Waals surface area (Å²) in [4.78, 5) is 2.52. The predicted octanol–water partition coefficient (Wildman–Crippen LogP) is 14.3. The highest BCUT2D eigenvalue weighted by Gasteiger charge is 2.31. The zero-order chi connectivity index (χ0) is 41.8. The predicted molar refractivity (Wildman–Crippen MR) is 268 cm³/mol. The molecule has 1 heterocycles. The normalized spacial score (nSPS) is 12.0. The van der Waals surface area contributed by atoms with Crippen LogP contribution in [0.2, 0.25) is 0 Å². The smallest absolute Gasteiger partial charge is 0.247 e. The van der Waals surface area contributed by atoms with Gasteiger partial charge in [0, 0.05) is 21.8 Å². The molecule has 0 fully saturated rings. The minimum Gasteiger partial charge on any atom is -0.457 e. The average molecular weight is 794 g/mol. The highest BCUT2D eigenvalue weighted by molar-refractivity contribution is 6.98. The van der Waals surface area contributed by atoms with Gasteiger partial charge in [-0.15, -0.1) is 0 Å². The van der Waals surface area contributed by atoms with Crippen molar-refractivity contribution in [3.05, 3.63) is 204 Å². The Kier molecular flexibility index (Phi) is 8.15. The van der Waals surface area contributed by atoms with E-state index >= 15 is 0 Å². The maximum absolute atomic E-state index is 6.81. The van der Waals surface area contributed by atoms with E-state index in [0.29, 0.717) is 0 Å². The quantitative estimate of drug-likeness (QED) is 0.123. The molecule has 0 N–H and O–H groups in total. The maximum atomic E-state index is 6.81. The van der Waals surface area contributed by atoms with E-state index in [1.165, 1.54) is 109 Å². The summed E-state index contributed by atoms with van der Waals surface area (Å²) in [5.74, 6) is 0. The summed E-state index contributed by atoms with van der Waals surface area (Å²) in [5, 5.41) is 14.9. The Morgan fingerprint density at radius 1 is 0.403 bits per heavy atom. The van der Waals surface area contributed by atoms with Crippen molar-refractivity contribution in [2.45, 2.75) is 34.6 Å². The lowest BCUT2D eigenvalue weighted by atomic mass is 9.34. The molecule has 0 aliphatic rings. The summed E-state index contributed by atoms with van der Waals surface area (Å²) in [6.45, 7) is 11.2. The number of aryl methyl sites for hydroxylation is 5. The van der Waals surface area contributed by atoms with E-state index in [-0.39, 0.29) is 6.71 Å². The molecule has 1 aromatic heterocycles. The second kappa shape index (κ2) is 13.8. The Hall–Kier alpha value is -7.36. The molecular formula is C59H44BNO. The standard InChI is InChI=1S/C59H44BNO/c1-35-32-38(4)58(39(5)33-35)61(44-26-29-46-43(34-44)21-20-40-14-6-7-15-45(40)46)53-31-25-42-22-27-49-51(30-24-41-23-28-50(53)56(42)55(41)49)60(57-36(2)12-10-13-37(57)3)52-18-11-17-48-47-16-8-9-19-54(47)62-59(48)52/h6-34H,1-5H3. The van der Waals surface area contributed by atoms with Crippen molar-refractivity contribution in [3.63, 3.8) is 0 Å². The van der Waals surface area contributed by atoms with E-state index in [4.69, 9.17) is 4.42 Å². The number of hydrogen-bond donors (Lipinski definition) is 0. The minimum atomic E-state index is -0.0625. The fraction of sp³-hybridized carbons (Fsp3) is 0.0847. The van der Waals surface area contributed by atoms with Gasteiger partial charge in [0.05, 0.1) is 11.4 Å². The van der Waals surface area contributed by atoms with Crippen LogP contribution in [-0.4, -0.2) is 6.71 Å². The first-order valence-corrected chi connectivity index (χ1v) is 21.8. The molecule has 0 aliphatic carbocycles.